The molecule has 0 radical (unpaired) electrons. The smallest absolute Gasteiger partial charge is 0.343 e. The molecule has 0 amide bonds. The summed E-state index contributed by atoms with van der Waals surface area (Å²) in [6.45, 7) is 4.57. The van der Waals surface area contributed by atoms with Crippen LogP contribution in [0.1, 0.15) is 26.7 Å². The van der Waals surface area contributed by atoms with Crippen molar-refractivity contribution in [2.24, 2.45) is 5.73 Å². The average Bonchev–Trinajstić information content (AvgIpc) is 2.67. The molecule has 98 valence electrons. The summed E-state index contributed by atoms with van der Waals surface area (Å²) >= 11 is 1.35. The van der Waals surface area contributed by atoms with Gasteiger partial charge in [-0.1, -0.05) is 25.6 Å². The number of thioether (sulfide) groups is 1. The van der Waals surface area contributed by atoms with Crippen LogP contribution in [0, 0.1) is 0 Å². The lowest BCUT2D eigenvalue weighted by molar-refractivity contribution is 0.280. The summed E-state index contributed by atoms with van der Waals surface area (Å²) in [7, 11) is 0. The number of aliphatic hydroxyl groups is 1. The van der Waals surface area contributed by atoms with Crippen LogP contribution < -0.4 is 11.4 Å². The largest absolute Gasteiger partial charge is 0.395 e. The minimum Gasteiger partial charge on any atom is -0.395 e. The van der Waals surface area contributed by atoms with Crippen molar-refractivity contribution in [1.82, 2.24) is 14.8 Å². The molecule has 0 saturated carbocycles. The first-order valence-corrected chi connectivity index (χ1v) is 6.70. The quantitative estimate of drug-likeness (QED) is 0.607. The number of aliphatic hydroxyl groups excluding tert-OH is 1. The zero-order chi connectivity index (χ0) is 12.8. The van der Waals surface area contributed by atoms with Crippen molar-refractivity contribution >= 4 is 11.8 Å². The highest BCUT2D eigenvalue weighted by atomic mass is 32.2. The van der Waals surface area contributed by atoms with Crippen molar-refractivity contribution in [3.63, 3.8) is 0 Å². The third-order valence-electron chi connectivity index (χ3n) is 2.56. The lowest BCUT2D eigenvalue weighted by Crippen LogP contribution is -2.34. The van der Waals surface area contributed by atoms with Crippen LogP contribution in [-0.2, 0) is 6.54 Å². The third-order valence-corrected chi connectivity index (χ3v) is 3.88. The van der Waals surface area contributed by atoms with E-state index in [1.54, 1.807) is 4.57 Å². The summed E-state index contributed by atoms with van der Waals surface area (Å²) in [6, 6.07) is -0.105. The van der Waals surface area contributed by atoms with Crippen LogP contribution >= 0.6 is 11.8 Å². The maximum absolute atomic E-state index is 11.5. The van der Waals surface area contributed by atoms with E-state index in [0.29, 0.717) is 11.7 Å². The molecule has 0 saturated heterocycles. The minimum absolute atomic E-state index is 0.0210. The topological polar surface area (TPSA) is 96.9 Å². The average molecular weight is 260 g/mol. The van der Waals surface area contributed by atoms with Crippen LogP contribution in [-0.4, -0.2) is 37.8 Å². The van der Waals surface area contributed by atoms with E-state index in [-0.39, 0.29) is 23.6 Å². The zero-order valence-electron chi connectivity index (χ0n) is 10.2. The van der Waals surface area contributed by atoms with Crippen LogP contribution in [0.3, 0.4) is 0 Å². The summed E-state index contributed by atoms with van der Waals surface area (Å²) in [6.07, 6.45) is 1.64. The Morgan fingerprint density at radius 1 is 1.59 bits per heavy atom. The Hall–Kier alpha value is -0.790. The predicted molar refractivity (Wildman–Crippen MR) is 68.1 cm³/mol. The number of nitrogens with zero attached hydrogens (tertiary/aromatic N) is 2. The first-order chi connectivity index (χ1) is 8.13. The summed E-state index contributed by atoms with van der Waals surface area (Å²) in [5, 5.41) is 16.1. The number of hydrogen-bond donors (Lipinski definition) is 3. The van der Waals surface area contributed by atoms with Gasteiger partial charge in [0, 0.05) is 12.6 Å². The number of aromatic amines is 1. The molecule has 1 rings (SSSR count). The predicted octanol–water partition coefficient (Wildman–Crippen LogP) is 0.172. The Morgan fingerprint density at radius 2 is 2.29 bits per heavy atom. The molecule has 0 bridgehead atoms. The van der Waals surface area contributed by atoms with E-state index in [1.165, 1.54) is 11.8 Å². The maximum atomic E-state index is 11.5. The zero-order valence-corrected chi connectivity index (χ0v) is 11.0. The van der Waals surface area contributed by atoms with Gasteiger partial charge in [-0.15, -0.1) is 5.10 Å². The summed E-state index contributed by atoms with van der Waals surface area (Å²) < 4.78 is 1.58. The summed E-state index contributed by atoms with van der Waals surface area (Å²) in [5.74, 6) is 0. The molecule has 2 atom stereocenters. The van der Waals surface area contributed by atoms with E-state index in [1.807, 2.05) is 13.8 Å². The van der Waals surface area contributed by atoms with Gasteiger partial charge in [-0.2, -0.15) is 0 Å². The number of H-pyrrole nitrogens is 1. The van der Waals surface area contributed by atoms with Crippen molar-refractivity contribution in [2.75, 3.05) is 6.61 Å². The Morgan fingerprint density at radius 3 is 2.82 bits per heavy atom. The fourth-order valence-corrected chi connectivity index (χ4v) is 2.58. The molecule has 2 unspecified atom stereocenters. The van der Waals surface area contributed by atoms with Crippen LogP contribution in [0.5, 0.6) is 0 Å². The molecule has 0 aliphatic rings. The van der Waals surface area contributed by atoms with Gasteiger partial charge in [0.2, 0.25) is 0 Å². The fourth-order valence-electron chi connectivity index (χ4n) is 1.47. The van der Waals surface area contributed by atoms with Crippen molar-refractivity contribution in [1.29, 1.82) is 0 Å². The van der Waals surface area contributed by atoms with E-state index in [9.17, 15) is 9.90 Å². The van der Waals surface area contributed by atoms with Crippen LogP contribution in [0.25, 0.3) is 0 Å². The molecule has 1 aromatic rings. The highest BCUT2D eigenvalue weighted by Crippen LogP contribution is 2.22. The fraction of sp³-hybridized carbons (Fsp3) is 0.800. The Balaban J connectivity index is 2.82. The first-order valence-electron chi connectivity index (χ1n) is 5.82. The molecule has 0 fully saturated rings. The number of nitrogens with one attached hydrogen (secondary N) is 1. The van der Waals surface area contributed by atoms with Gasteiger partial charge in [-0.05, 0) is 12.8 Å². The second-order valence-corrected chi connectivity index (χ2v) is 5.08. The number of aromatic nitrogens is 3. The number of nitrogens with two attached hydrogens (primary N) is 1. The van der Waals surface area contributed by atoms with Crippen LogP contribution in [0.4, 0.5) is 0 Å². The summed E-state index contributed by atoms with van der Waals surface area (Å²) in [4.78, 5) is 11.5. The van der Waals surface area contributed by atoms with E-state index >= 15 is 0 Å². The van der Waals surface area contributed by atoms with Gasteiger partial charge in [0.25, 0.3) is 0 Å². The molecule has 1 heterocycles. The lowest BCUT2D eigenvalue weighted by atomic mass is 10.2. The monoisotopic (exact) mass is 260 g/mol. The van der Waals surface area contributed by atoms with Gasteiger partial charge in [0.1, 0.15) is 0 Å². The van der Waals surface area contributed by atoms with E-state index in [0.717, 1.165) is 12.8 Å². The Labute approximate surface area is 105 Å². The molecule has 17 heavy (non-hydrogen) atoms. The van der Waals surface area contributed by atoms with Gasteiger partial charge >= 0.3 is 5.69 Å². The molecule has 0 aliphatic heterocycles. The van der Waals surface area contributed by atoms with E-state index in [2.05, 4.69) is 10.2 Å². The van der Waals surface area contributed by atoms with Gasteiger partial charge in [-0.3, -0.25) is 4.57 Å². The second kappa shape index (κ2) is 6.83. The van der Waals surface area contributed by atoms with Crippen molar-refractivity contribution in [3.05, 3.63) is 10.5 Å². The maximum Gasteiger partial charge on any atom is 0.343 e. The molecule has 7 heteroatoms. The van der Waals surface area contributed by atoms with Crippen LogP contribution in [0.15, 0.2) is 9.95 Å². The highest BCUT2D eigenvalue weighted by molar-refractivity contribution is 7.99. The Bertz CT molecular complexity index is 390. The van der Waals surface area contributed by atoms with E-state index in [4.69, 9.17) is 5.73 Å². The van der Waals surface area contributed by atoms with Gasteiger partial charge in [-0.25, -0.2) is 9.89 Å². The van der Waals surface area contributed by atoms with Gasteiger partial charge in [0.15, 0.2) is 5.16 Å². The molecular weight excluding hydrogens is 240 g/mol. The molecule has 4 N–H and O–H groups in total. The van der Waals surface area contributed by atoms with E-state index < -0.39 is 0 Å². The molecule has 0 spiro atoms. The van der Waals surface area contributed by atoms with Crippen LogP contribution in [0.2, 0.25) is 0 Å². The molecule has 0 aliphatic carbocycles. The standard InChI is InChI=1S/C10H20N4O2S/c1-3-5-14-9(16)12-13-10(14)17-8(6-15)7(11)4-2/h7-8,15H,3-6,11H2,1-2H3,(H,12,16). The first kappa shape index (κ1) is 14.3. The highest BCUT2D eigenvalue weighted by Gasteiger charge is 2.20. The molecule has 1 aromatic heterocycles. The van der Waals surface area contributed by atoms with Gasteiger partial charge < -0.3 is 10.8 Å². The SMILES string of the molecule is CCCn1c(SC(CO)C(N)CC)n[nH]c1=O. The number of hydrogen-bond acceptors (Lipinski definition) is 5. The minimum atomic E-state index is -0.212. The summed E-state index contributed by atoms with van der Waals surface area (Å²) in [5.41, 5.74) is 5.69. The molecule has 6 nitrogen and oxygen atoms in total. The third kappa shape index (κ3) is 3.58. The normalized spacial score (nSPS) is 14.8. The van der Waals surface area contributed by atoms with Crippen molar-refractivity contribution in [3.8, 4) is 0 Å². The molecule has 0 aromatic carbocycles. The number of rotatable bonds is 7. The lowest BCUT2D eigenvalue weighted by Gasteiger charge is -2.19. The Kier molecular flexibility index (Phi) is 5.73. The van der Waals surface area contributed by atoms with Crippen molar-refractivity contribution < 1.29 is 5.11 Å². The molecular formula is C10H20N4O2S. The van der Waals surface area contributed by atoms with Crippen molar-refractivity contribution in [2.45, 2.75) is 49.7 Å². The second-order valence-electron chi connectivity index (χ2n) is 3.87. The van der Waals surface area contributed by atoms with Gasteiger partial charge in [0.05, 0.1) is 11.9 Å².